The summed E-state index contributed by atoms with van der Waals surface area (Å²) >= 11 is 5.74. The van der Waals surface area contributed by atoms with Crippen molar-refractivity contribution < 1.29 is 16.8 Å². The topological polar surface area (TPSA) is 83.6 Å². The number of benzene rings is 1. The van der Waals surface area contributed by atoms with Gasteiger partial charge in [-0.1, -0.05) is 11.6 Å². The number of rotatable bonds is 5. The number of nitrogens with one attached hydrogen (secondary N) is 1. The highest BCUT2D eigenvalue weighted by Crippen LogP contribution is 2.19. The van der Waals surface area contributed by atoms with E-state index < -0.39 is 20.0 Å². The number of nitrogens with zero attached hydrogens (tertiary/aromatic N) is 1. The maximum atomic E-state index is 12.1. The zero-order valence-corrected chi connectivity index (χ0v) is 14.6. The summed E-state index contributed by atoms with van der Waals surface area (Å²) in [4.78, 5) is 0.172. The third-order valence-corrected chi connectivity index (χ3v) is 6.72. The zero-order valence-electron chi connectivity index (χ0n) is 12.2. The van der Waals surface area contributed by atoms with Gasteiger partial charge in [0, 0.05) is 24.7 Å². The fraction of sp³-hybridized carbons (Fsp3) is 0.538. The lowest BCUT2D eigenvalue weighted by Gasteiger charge is -2.30. The van der Waals surface area contributed by atoms with E-state index in [1.54, 1.807) is 0 Å². The van der Waals surface area contributed by atoms with Crippen molar-refractivity contribution >= 4 is 31.6 Å². The van der Waals surface area contributed by atoms with Crippen LogP contribution in [0.3, 0.4) is 0 Å². The second-order valence-corrected chi connectivity index (χ2v) is 9.60. The summed E-state index contributed by atoms with van der Waals surface area (Å²) in [6, 6.07) is 5.97. The third-order valence-electron chi connectivity index (χ3n) is 3.73. The highest BCUT2D eigenvalue weighted by atomic mass is 35.5. The van der Waals surface area contributed by atoms with Gasteiger partial charge in [0.25, 0.3) is 0 Å². The molecule has 0 spiro atoms. The van der Waals surface area contributed by atoms with Crippen LogP contribution in [0, 0.1) is 5.92 Å². The van der Waals surface area contributed by atoms with E-state index in [1.807, 2.05) is 0 Å². The van der Waals surface area contributed by atoms with Crippen LogP contribution in [0.2, 0.25) is 5.02 Å². The van der Waals surface area contributed by atoms with Crippen LogP contribution in [0.1, 0.15) is 12.8 Å². The number of hydrogen-bond acceptors (Lipinski definition) is 4. The zero-order chi connectivity index (χ0) is 16.4. The van der Waals surface area contributed by atoms with Crippen molar-refractivity contribution in [1.29, 1.82) is 0 Å². The minimum absolute atomic E-state index is 0.139. The van der Waals surface area contributed by atoms with E-state index in [9.17, 15) is 16.8 Å². The van der Waals surface area contributed by atoms with E-state index in [2.05, 4.69) is 4.72 Å². The van der Waals surface area contributed by atoms with Gasteiger partial charge in [0.2, 0.25) is 20.0 Å². The number of halogens is 1. The summed E-state index contributed by atoms with van der Waals surface area (Å²) in [6.45, 7) is 1.18. The Morgan fingerprint density at radius 3 is 2.18 bits per heavy atom. The van der Waals surface area contributed by atoms with Crippen molar-refractivity contribution in [2.75, 3.05) is 25.9 Å². The smallest absolute Gasteiger partial charge is 0.213 e. The molecule has 6 nitrogen and oxygen atoms in total. The van der Waals surface area contributed by atoms with Crippen LogP contribution in [-0.4, -0.2) is 47.0 Å². The van der Waals surface area contributed by atoms with Gasteiger partial charge in [-0.15, -0.1) is 0 Å². The standard InChI is InChI=1S/C13H19ClN2O4S2/c1-21(17,18)16-8-6-11(7-9-16)10-15-22(19,20)13-4-2-12(14)3-5-13/h2-5,11,15H,6-10H2,1H3. The van der Waals surface area contributed by atoms with Crippen LogP contribution in [0.25, 0.3) is 0 Å². The molecular weight excluding hydrogens is 348 g/mol. The summed E-state index contributed by atoms with van der Waals surface area (Å²) in [7, 11) is -6.72. The highest BCUT2D eigenvalue weighted by Gasteiger charge is 2.26. The molecule has 0 aromatic heterocycles. The lowest BCUT2D eigenvalue weighted by molar-refractivity contribution is 0.275. The van der Waals surface area contributed by atoms with Crippen LogP contribution < -0.4 is 4.72 Å². The first-order chi connectivity index (χ1) is 10.2. The predicted molar refractivity (Wildman–Crippen MR) is 85.8 cm³/mol. The Balaban J connectivity index is 1.90. The largest absolute Gasteiger partial charge is 0.240 e. The molecular formula is C13H19ClN2O4S2. The number of sulfonamides is 2. The fourth-order valence-corrected chi connectivity index (χ4v) is 4.49. The third kappa shape index (κ3) is 4.66. The Hall–Kier alpha value is -0.670. The molecule has 0 saturated carbocycles. The van der Waals surface area contributed by atoms with E-state index >= 15 is 0 Å². The summed E-state index contributed by atoms with van der Waals surface area (Å²) in [5.74, 6) is 0.139. The molecule has 22 heavy (non-hydrogen) atoms. The van der Waals surface area contributed by atoms with E-state index in [1.165, 1.54) is 34.8 Å². The molecule has 0 bridgehead atoms. The molecule has 1 aliphatic heterocycles. The van der Waals surface area contributed by atoms with Crippen molar-refractivity contribution in [2.45, 2.75) is 17.7 Å². The first kappa shape index (κ1) is 17.7. The van der Waals surface area contributed by atoms with Crippen LogP contribution in [0.15, 0.2) is 29.2 Å². The fourth-order valence-electron chi connectivity index (χ4n) is 2.37. The van der Waals surface area contributed by atoms with Gasteiger partial charge in [-0.2, -0.15) is 0 Å². The van der Waals surface area contributed by atoms with E-state index in [0.29, 0.717) is 37.5 Å². The van der Waals surface area contributed by atoms with Gasteiger partial charge in [0.1, 0.15) is 0 Å². The Bertz CT molecular complexity index is 709. The Morgan fingerprint density at radius 2 is 1.68 bits per heavy atom. The molecule has 0 radical (unpaired) electrons. The molecule has 124 valence electrons. The highest BCUT2D eigenvalue weighted by molar-refractivity contribution is 7.89. The molecule has 1 saturated heterocycles. The van der Waals surface area contributed by atoms with E-state index in [0.717, 1.165) is 0 Å². The molecule has 1 aliphatic rings. The van der Waals surface area contributed by atoms with Crippen molar-refractivity contribution in [1.82, 2.24) is 9.03 Å². The average Bonchev–Trinajstić information content (AvgIpc) is 2.45. The maximum absolute atomic E-state index is 12.1. The summed E-state index contributed by atoms with van der Waals surface area (Å²) in [5, 5.41) is 0.479. The lowest BCUT2D eigenvalue weighted by atomic mass is 9.99. The summed E-state index contributed by atoms with van der Waals surface area (Å²) in [6.07, 6.45) is 2.49. The SMILES string of the molecule is CS(=O)(=O)N1CCC(CNS(=O)(=O)c2ccc(Cl)cc2)CC1. The van der Waals surface area contributed by atoms with Gasteiger partial charge in [0.15, 0.2) is 0 Å². The average molecular weight is 367 g/mol. The Labute approximate surface area is 136 Å². The quantitative estimate of drug-likeness (QED) is 0.851. The molecule has 0 aliphatic carbocycles. The molecule has 2 rings (SSSR count). The minimum Gasteiger partial charge on any atom is -0.213 e. The van der Waals surface area contributed by atoms with E-state index in [-0.39, 0.29) is 10.8 Å². The van der Waals surface area contributed by atoms with Gasteiger partial charge in [-0.05, 0) is 43.0 Å². The number of piperidine rings is 1. The van der Waals surface area contributed by atoms with Gasteiger partial charge >= 0.3 is 0 Å². The van der Waals surface area contributed by atoms with Gasteiger partial charge < -0.3 is 0 Å². The van der Waals surface area contributed by atoms with Crippen LogP contribution >= 0.6 is 11.6 Å². The molecule has 9 heteroatoms. The van der Waals surface area contributed by atoms with Crippen LogP contribution in [0.5, 0.6) is 0 Å². The predicted octanol–water partition coefficient (Wildman–Crippen LogP) is 1.29. The van der Waals surface area contributed by atoms with Crippen molar-refractivity contribution in [2.24, 2.45) is 5.92 Å². The maximum Gasteiger partial charge on any atom is 0.240 e. The van der Waals surface area contributed by atoms with Gasteiger partial charge in [-0.25, -0.2) is 25.9 Å². The molecule has 0 amide bonds. The van der Waals surface area contributed by atoms with Crippen LogP contribution in [0.4, 0.5) is 0 Å². The van der Waals surface area contributed by atoms with Gasteiger partial charge in [-0.3, -0.25) is 0 Å². The van der Waals surface area contributed by atoms with Gasteiger partial charge in [0.05, 0.1) is 11.2 Å². The molecule has 1 fully saturated rings. The number of hydrogen-bond donors (Lipinski definition) is 1. The van der Waals surface area contributed by atoms with Crippen molar-refractivity contribution in [3.8, 4) is 0 Å². The summed E-state index contributed by atoms with van der Waals surface area (Å²) < 4.78 is 51.2. The van der Waals surface area contributed by atoms with Crippen molar-refractivity contribution in [3.63, 3.8) is 0 Å². The first-order valence-electron chi connectivity index (χ1n) is 6.89. The Morgan fingerprint density at radius 1 is 1.14 bits per heavy atom. The first-order valence-corrected chi connectivity index (χ1v) is 10.6. The van der Waals surface area contributed by atoms with Crippen molar-refractivity contribution in [3.05, 3.63) is 29.3 Å². The molecule has 1 N–H and O–H groups in total. The minimum atomic E-state index is -3.56. The monoisotopic (exact) mass is 366 g/mol. The molecule has 1 aromatic carbocycles. The molecule has 1 heterocycles. The summed E-state index contributed by atoms with van der Waals surface area (Å²) in [5.41, 5.74) is 0. The lowest BCUT2D eigenvalue weighted by Crippen LogP contribution is -2.41. The van der Waals surface area contributed by atoms with Crippen LogP contribution in [-0.2, 0) is 20.0 Å². The Kier molecular flexibility index (Phi) is 5.50. The second kappa shape index (κ2) is 6.84. The second-order valence-electron chi connectivity index (χ2n) is 5.41. The normalized spacial score (nSPS) is 18.5. The molecule has 0 unspecified atom stereocenters. The molecule has 0 atom stereocenters. The molecule has 1 aromatic rings. The van der Waals surface area contributed by atoms with E-state index in [4.69, 9.17) is 11.6 Å².